The second-order valence-electron chi connectivity index (χ2n) is 4.77. The van der Waals surface area contributed by atoms with Crippen LogP contribution in [0.5, 0.6) is 0 Å². The first kappa shape index (κ1) is 10.0. The van der Waals surface area contributed by atoms with Crippen LogP contribution in [0.3, 0.4) is 0 Å². The van der Waals surface area contributed by atoms with Crippen molar-refractivity contribution in [3.63, 3.8) is 0 Å². The molecule has 2 rings (SSSR count). The lowest BCUT2D eigenvalue weighted by Gasteiger charge is -2.29. The third-order valence-corrected chi connectivity index (χ3v) is 3.60. The Morgan fingerprint density at radius 2 is 1.79 bits per heavy atom. The number of amidine groups is 1. The Morgan fingerprint density at radius 3 is 2.64 bits per heavy atom. The van der Waals surface area contributed by atoms with Crippen LogP contribution >= 0.6 is 0 Å². The van der Waals surface area contributed by atoms with Crippen LogP contribution in [0.15, 0.2) is 4.99 Å². The first-order valence-corrected chi connectivity index (χ1v) is 6.14. The molecule has 1 aliphatic carbocycles. The lowest BCUT2D eigenvalue weighted by atomic mass is 9.91. The zero-order valence-electron chi connectivity index (χ0n) is 9.26. The van der Waals surface area contributed by atoms with Crippen LogP contribution in [0.2, 0.25) is 0 Å². The molecule has 2 heteroatoms. The fraction of sp³-hybridized carbons (Fsp3) is 0.917. The minimum absolute atomic E-state index is 0.634. The third kappa shape index (κ3) is 2.49. The maximum atomic E-state index is 4.75. The predicted molar refractivity (Wildman–Crippen MR) is 60.7 cm³/mol. The molecule has 0 spiro atoms. The molecule has 2 unspecified atom stereocenters. The Balaban J connectivity index is 1.99. The molecule has 0 radical (unpaired) electrons. The SMILES string of the molecule is CC1=NC2CCCCCCCC2CN1. The van der Waals surface area contributed by atoms with Gasteiger partial charge in [0.05, 0.1) is 11.9 Å². The fourth-order valence-corrected chi connectivity index (χ4v) is 2.70. The highest BCUT2D eigenvalue weighted by molar-refractivity contribution is 5.80. The summed E-state index contributed by atoms with van der Waals surface area (Å²) in [6.45, 7) is 3.27. The first-order valence-electron chi connectivity index (χ1n) is 6.14. The highest BCUT2D eigenvalue weighted by Gasteiger charge is 2.24. The van der Waals surface area contributed by atoms with Crippen LogP contribution in [0, 0.1) is 5.92 Å². The minimum Gasteiger partial charge on any atom is -0.374 e. The van der Waals surface area contributed by atoms with Crippen molar-refractivity contribution in [2.75, 3.05) is 6.54 Å². The van der Waals surface area contributed by atoms with Crippen molar-refractivity contribution < 1.29 is 0 Å². The van der Waals surface area contributed by atoms with Crippen molar-refractivity contribution >= 4 is 5.84 Å². The molecular formula is C12H22N2. The van der Waals surface area contributed by atoms with Crippen molar-refractivity contribution in [3.8, 4) is 0 Å². The van der Waals surface area contributed by atoms with Gasteiger partial charge in [-0.25, -0.2) is 0 Å². The average molecular weight is 194 g/mol. The van der Waals surface area contributed by atoms with Crippen molar-refractivity contribution in [3.05, 3.63) is 0 Å². The van der Waals surface area contributed by atoms with Crippen molar-refractivity contribution in [1.29, 1.82) is 0 Å². The minimum atomic E-state index is 0.634. The molecule has 0 saturated heterocycles. The van der Waals surface area contributed by atoms with E-state index in [4.69, 9.17) is 4.99 Å². The van der Waals surface area contributed by atoms with Crippen LogP contribution < -0.4 is 5.32 Å². The van der Waals surface area contributed by atoms with Crippen molar-refractivity contribution in [2.24, 2.45) is 10.9 Å². The first-order chi connectivity index (χ1) is 6.86. The number of hydrogen-bond donors (Lipinski definition) is 1. The molecule has 2 aliphatic rings. The summed E-state index contributed by atoms with van der Waals surface area (Å²) in [5.41, 5.74) is 0. The molecule has 0 amide bonds. The van der Waals surface area contributed by atoms with Gasteiger partial charge in [0.15, 0.2) is 0 Å². The van der Waals surface area contributed by atoms with Crippen LogP contribution in [-0.4, -0.2) is 18.4 Å². The molecule has 0 aromatic heterocycles. The third-order valence-electron chi connectivity index (χ3n) is 3.60. The normalized spacial score (nSPS) is 34.2. The van der Waals surface area contributed by atoms with Crippen LogP contribution in [0.1, 0.15) is 51.9 Å². The molecule has 1 fully saturated rings. The molecule has 1 heterocycles. The standard InChI is InChI=1S/C12H22N2/c1-10-13-9-11-7-5-3-2-4-6-8-12(11)14-10/h11-12H,2-9H2,1H3,(H,13,14). The highest BCUT2D eigenvalue weighted by atomic mass is 15.0. The van der Waals surface area contributed by atoms with E-state index in [1.54, 1.807) is 0 Å². The van der Waals surface area contributed by atoms with Crippen LogP contribution in [0.4, 0.5) is 0 Å². The Kier molecular flexibility index (Phi) is 3.44. The van der Waals surface area contributed by atoms with E-state index in [2.05, 4.69) is 12.2 Å². The van der Waals surface area contributed by atoms with Crippen LogP contribution in [0.25, 0.3) is 0 Å². The molecule has 0 aromatic carbocycles. The molecular weight excluding hydrogens is 172 g/mol. The average Bonchev–Trinajstić information content (AvgIpc) is 2.29. The number of hydrogen-bond acceptors (Lipinski definition) is 2. The second-order valence-corrected chi connectivity index (χ2v) is 4.77. The van der Waals surface area contributed by atoms with Gasteiger partial charge >= 0.3 is 0 Å². The summed E-state index contributed by atoms with van der Waals surface area (Å²) in [5, 5.41) is 3.40. The van der Waals surface area contributed by atoms with Gasteiger partial charge in [0, 0.05) is 6.54 Å². The van der Waals surface area contributed by atoms with Gasteiger partial charge in [-0.15, -0.1) is 0 Å². The number of rotatable bonds is 0. The monoisotopic (exact) mass is 194 g/mol. The molecule has 0 bridgehead atoms. The summed E-state index contributed by atoms with van der Waals surface area (Å²) < 4.78 is 0. The smallest absolute Gasteiger partial charge is 0.0935 e. The van der Waals surface area contributed by atoms with Crippen molar-refractivity contribution in [2.45, 2.75) is 57.9 Å². The summed E-state index contributed by atoms with van der Waals surface area (Å²) in [5.74, 6) is 1.97. The van der Waals surface area contributed by atoms with E-state index in [1.165, 1.54) is 51.5 Å². The molecule has 1 N–H and O–H groups in total. The van der Waals surface area contributed by atoms with Crippen molar-refractivity contribution in [1.82, 2.24) is 5.32 Å². The van der Waals surface area contributed by atoms with E-state index >= 15 is 0 Å². The zero-order chi connectivity index (χ0) is 9.80. The van der Waals surface area contributed by atoms with E-state index in [9.17, 15) is 0 Å². The molecule has 80 valence electrons. The summed E-state index contributed by atoms with van der Waals surface area (Å²) in [6.07, 6.45) is 9.81. The molecule has 1 aliphatic heterocycles. The van der Waals surface area contributed by atoms with Gasteiger partial charge < -0.3 is 5.32 Å². The number of aliphatic imine (C=N–C) groups is 1. The molecule has 2 nitrogen and oxygen atoms in total. The summed E-state index contributed by atoms with van der Waals surface area (Å²) in [7, 11) is 0. The Morgan fingerprint density at radius 1 is 1.07 bits per heavy atom. The lowest BCUT2D eigenvalue weighted by Crippen LogP contribution is -2.39. The molecule has 1 saturated carbocycles. The van der Waals surface area contributed by atoms with Gasteiger partial charge in [-0.2, -0.15) is 0 Å². The number of nitrogens with one attached hydrogen (secondary N) is 1. The molecule has 0 aromatic rings. The quantitative estimate of drug-likeness (QED) is 0.630. The predicted octanol–water partition coefficient (Wildman–Crippen LogP) is 2.74. The van der Waals surface area contributed by atoms with E-state index < -0.39 is 0 Å². The van der Waals surface area contributed by atoms with Gasteiger partial charge in [0.1, 0.15) is 0 Å². The summed E-state index contributed by atoms with van der Waals surface area (Å²) in [6, 6.07) is 0.634. The highest BCUT2D eigenvalue weighted by Crippen LogP contribution is 2.25. The van der Waals surface area contributed by atoms with E-state index in [1.807, 2.05) is 0 Å². The maximum Gasteiger partial charge on any atom is 0.0935 e. The maximum absolute atomic E-state index is 4.75. The number of fused-ring (bicyclic) bond motifs is 1. The molecule has 2 atom stereocenters. The largest absolute Gasteiger partial charge is 0.374 e. The second kappa shape index (κ2) is 4.81. The number of nitrogens with zero attached hydrogens (tertiary/aromatic N) is 1. The lowest BCUT2D eigenvalue weighted by molar-refractivity contribution is 0.353. The van der Waals surface area contributed by atoms with Gasteiger partial charge in [0.25, 0.3) is 0 Å². The molecule has 14 heavy (non-hydrogen) atoms. The summed E-state index contributed by atoms with van der Waals surface area (Å²) >= 11 is 0. The topological polar surface area (TPSA) is 24.4 Å². The Hall–Kier alpha value is -0.530. The summed E-state index contributed by atoms with van der Waals surface area (Å²) in [4.78, 5) is 4.75. The van der Waals surface area contributed by atoms with Gasteiger partial charge in [0.2, 0.25) is 0 Å². The van der Waals surface area contributed by atoms with E-state index in [0.717, 1.165) is 11.8 Å². The van der Waals surface area contributed by atoms with Crippen LogP contribution in [-0.2, 0) is 0 Å². The van der Waals surface area contributed by atoms with Gasteiger partial charge in [-0.1, -0.05) is 32.1 Å². The fourth-order valence-electron chi connectivity index (χ4n) is 2.70. The Labute approximate surface area is 87.2 Å². The van der Waals surface area contributed by atoms with E-state index in [0.29, 0.717) is 6.04 Å². The van der Waals surface area contributed by atoms with E-state index in [-0.39, 0.29) is 0 Å². The van der Waals surface area contributed by atoms with Gasteiger partial charge in [-0.05, 0) is 25.7 Å². The zero-order valence-corrected chi connectivity index (χ0v) is 9.26. The Bertz CT molecular complexity index is 210. The van der Waals surface area contributed by atoms with Gasteiger partial charge in [-0.3, -0.25) is 4.99 Å².